The van der Waals surface area contributed by atoms with Gasteiger partial charge in [-0.1, -0.05) is 27.7 Å². The molecule has 5 heteroatoms. The Morgan fingerprint density at radius 1 is 0.654 bits per heavy atom. The molecular weight excluding hydrogens is 338 g/mol. The number of benzene rings is 2. The Morgan fingerprint density at radius 3 is 1.27 bits per heavy atom. The van der Waals surface area contributed by atoms with Crippen molar-refractivity contribution >= 4 is 6.16 Å². The van der Waals surface area contributed by atoms with E-state index in [0.717, 1.165) is 0 Å². The zero-order valence-corrected chi connectivity index (χ0v) is 16.8. The third kappa shape index (κ3) is 6.47. The number of hydrogen-bond donors (Lipinski definition) is 0. The molecule has 0 aliphatic heterocycles. The Labute approximate surface area is 155 Å². The van der Waals surface area contributed by atoms with Gasteiger partial charge in [-0.3, -0.25) is 0 Å². The lowest BCUT2D eigenvalue weighted by Gasteiger charge is -2.11. The van der Waals surface area contributed by atoms with Gasteiger partial charge in [0.15, 0.2) is 0 Å². The van der Waals surface area contributed by atoms with Crippen LogP contribution in [0, 0.1) is 39.3 Å². The lowest BCUT2D eigenvalue weighted by atomic mass is 10.1. The summed E-state index contributed by atoms with van der Waals surface area (Å²) < 4.78 is 36.9. The largest absolute Gasteiger partial charge is 0.519 e. The molecule has 0 bridgehead atoms. The van der Waals surface area contributed by atoms with Crippen molar-refractivity contribution in [1.29, 1.82) is 0 Å². The van der Waals surface area contributed by atoms with E-state index < -0.39 is 6.16 Å². The van der Waals surface area contributed by atoms with Crippen molar-refractivity contribution in [3.63, 3.8) is 0 Å². The molecule has 2 aromatic carbocycles. The number of halogens is 2. The van der Waals surface area contributed by atoms with Crippen LogP contribution in [0.1, 0.15) is 49.9 Å². The van der Waals surface area contributed by atoms with Crippen molar-refractivity contribution in [3.05, 3.63) is 58.2 Å². The second-order valence-corrected chi connectivity index (χ2v) is 5.19. The van der Waals surface area contributed by atoms with Gasteiger partial charge in [-0.25, -0.2) is 13.6 Å². The van der Waals surface area contributed by atoms with Crippen LogP contribution in [0.2, 0.25) is 0 Å². The predicted molar refractivity (Wildman–Crippen MR) is 101 cm³/mol. The van der Waals surface area contributed by atoms with Crippen LogP contribution in [0.3, 0.4) is 0 Å². The molecule has 0 saturated carbocycles. The Balaban J connectivity index is 0.00000146. The SMILES string of the molecule is CC.CC.Cc1cc(OC(=O)Oc2cc(C)c(F)cc2C)c(C)cc1F. The van der Waals surface area contributed by atoms with Crippen molar-refractivity contribution in [1.82, 2.24) is 0 Å². The molecule has 2 rings (SSSR count). The predicted octanol–water partition coefficient (Wildman–Crippen LogP) is 6.83. The summed E-state index contributed by atoms with van der Waals surface area (Å²) in [5, 5.41) is 0. The number of hydrogen-bond acceptors (Lipinski definition) is 3. The van der Waals surface area contributed by atoms with Crippen LogP contribution in [0.4, 0.5) is 13.6 Å². The minimum atomic E-state index is -0.955. The highest BCUT2D eigenvalue weighted by Crippen LogP contribution is 2.25. The Kier molecular flexibility index (Phi) is 10.2. The molecule has 3 nitrogen and oxygen atoms in total. The van der Waals surface area contributed by atoms with Gasteiger partial charge < -0.3 is 9.47 Å². The number of carbonyl (C=O) groups excluding carboxylic acids is 1. The second kappa shape index (κ2) is 11.2. The summed E-state index contributed by atoms with van der Waals surface area (Å²) in [5.74, 6) is -0.299. The first-order chi connectivity index (χ1) is 12.3. The number of carbonyl (C=O) groups is 1. The molecule has 0 aliphatic rings. The highest BCUT2D eigenvalue weighted by atomic mass is 19.1. The molecule has 0 heterocycles. The van der Waals surface area contributed by atoms with E-state index in [4.69, 9.17) is 9.47 Å². The third-order valence-corrected chi connectivity index (χ3v) is 3.30. The van der Waals surface area contributed by atoms with Gasteiger partial charge in [0.25, 0.3) is 0 Å². The molecular formula is C21H28F2O3. The van der Waals surface area contributed by atoms with Crippen molar-refractivity contribution in [2.75, 3.05) is 0 Å². The van der Waals surface area contributed by atoms with E-state index in [1.54, 1.807) is 27.7 Å². The molecule has 0 aliphatic carbocycles. The average Bonchev–Trinajstić information content (AvgIpc) is 2.61. The van der Waals surface area contributed by atoms with Crippen molar-refractivity contribution in [2.24, 2.45) is 0 Å². The Bertz CT molecular complexity index is 679. The molecule has 0 fully saturated rings. The van der Waals surface area contributed by atoms with E-state index in [0.29, 0.717) is 22.3 Å². The molecule has 0 atom stereocenters. The zero-order chi connectivity index (χ0) is 20.4. The van der Waals surface area contributed by atoms with E-state index >= 15 is 0 Å². The molecule has 0 radical (unpaired) electrons. The van der Waals surface area contributed by atoms with Crippen molar-refractivity contribution in [2.45, 2.75) is 55.4 Å². The summed E-state index contributed by atoms with van der Waals surface area (Å²) in [6.07, 6.45) is -0.955. The second-order valence-electron chi connectivity index (χ2n) is 5.19. The summed E-state index contributed by atoms with van der Waals surface area (Å²) in [6.45, 7) is 14.4. The van der Waals surface area contributed by atoms with Crippen molar-refractivity contribution in [3.8, 4) is 11.5 Å². The molecule has 2 aromatic rings. The first-order valence-corrected chi connectivity index (χ1v) is 8.71. The molecule has 0 spiro atoms. The van der Waals surface area contributed by atoms with Crippen LogP contribution in [0.5, 0.6) is 11.5 Å². The van der Waals surface area contributed by atoms with Gasteiger partial charge in [0.05, 0.1) is 0 Å². The molecule has 144 valence electrons. The number of aryl methyl sites for hydroxylation is 4. The first kappa shape index (κ1) is 23.6. The fraction of sp³-hybridized carbons (Fsp3) is 0.381. The molecule has 0 aromatic heterocycles. The highest BCUT2D eigenvalue weighted by Gasteiger charge is 2.14. The van der Waals surface area contributed by atoms with E-state index in [2.05, 4.69) is 0 Å². The lowest BCUT2D eigenvalue weighted by molar-refractivity contribution is 0.151. The lowest BCUT2D eigenvalue weighted by Crippen LogP contribution is -2.15. The number of ether oxygens (including phenoxy) is 2. The number of rotatable bonds is 2. The fourth-order valence-electron chi connectivity index (χ4n) is 1.93. The highest BCUT2D eigenvalue weighted by molar-refractivity contribution is 5.68. The van der Waals surface area contributed by atoms with Gasteiger partial charge in [0, 0.05) is 0 Å². The first-order valence-electron chi connectivity index (χ1n) is 8.71. The van der Waals surface area contributed by atoms with E-state index in [-0.39, 0.29) is 23.1 Å². The fourth-order valence-corrected chi connectivity index (χ4v) is 1.93. The molecule has 26 heavy (non-hydrogen) atoms. The maximum Gasteiger partial charge on any atom is 0.519 e. The summed E-state index contributed by atoms with van der Waals surface area (Å²) in [6, 6.07) is 5.42. The van der Waals surface area contributed by atoms with Gasteiger partial charge in [-0.2, -0.15) is 0 Å². The van der Waals surface area contributed by atoms with Crippen LogP contribution in [-0.2, 0) is 0 Å². The normalized spacial score (nSPS) is 9.31. The standard InChI is InChI=1S/C17H16F2O3.2C2H6/c1-9-7-15(11(3)5-13(9)18)21-17(20)22-16-8-10(2)14(19)6-12(16)4;2*1-2/h5-8H,1-4H3;2*1-2H3. The smallest absolute Gasteiger partial charge is 0.394 e. The van der Waals surface area contributed by atoms with Gasteiger partial charge in [0.1, 0.15) is 23.1 Å². The molecule has 0 saturated heterocycles. The van der Waals surface area contributed by atoms with Crippen molar-refractivity contribution < 1.29 is 23.0 Å². The zero-order valence-electron chi connectivity index (χ0n) is 16.8. The van der Waals surface area contributed by atoms with E-state index in [1.807, 2.05) is 27.7 Å². The third-order valence-electron chi connectivity index (χ3n) is 3.30. The van der Waals surface area contributed by atoms with Crippen LogP contribution >= 0.6 is 0 Å². The minimum Gasteiger partial charge on any atom is -0.394 e. The molecule has 0 amide bonds. The van der Waals surface area contributed by atoms with Gasteiger partial charge in [0.2, 0.25) is 0 Å². The Morgan fingerprint density at radius 2 is 0.962 bits per heavy atom. The van der Waals surface area contributed by atoms with Crippen LogP contribution < -0.4 is 9.47 Å². The van der Waals surface area contributed by atoms with E-state index in [1.165, 1.54) is 24.3 Å². The maximum atomic E-state index is 13.4. The monoisotopic (exact) mass is 366 g/mol. The quantitative estimate of drug-likeness (QED) is 0.432. The summed E-state index contributed by atoms with van der Waals surface area (Å²) >= 11 is 0. The van der Waals surface area contributed by atoms with Gasteiger partial charge >= 0.3 is 6.16 Å². The topological polar surface area (TPSA) is 35.5 Å². The van der Waals surface area contributed by atoms with Crippen LogP contribution in [0.25, 0.3) is 0 Å². The van der Waals surface area contributed by atoms with Crippen LogP contribution in [-0.4, -0.2) is 6.16 Å². The summed E-state index contributed by atoms with van der Waals surface area (Å²) in [5.41, 5.74) is 1.68. The van der Waals surface area contributed by atoms with Crippen LogP contribution in [0.15, 0.2) is 24.3 Å². The summed E-state index contributed by atoms with van der Waals surface area (Å²) in [4.78, 5) is 11.8. The molecule has 0 unspecified atom stereocenters. The maximum absolute atomic E-state index is 13.4. The Hall–Kier alpha value is -2.43. The molecule has 0 N–H and O–H groups in total. The van der Waals surface area contributed by atoms with E-state index in [9.17, 15) is 13.6 Å². The average molecular weight is 366 g/mol. The minimum absolute atomic E-state index is 0.223. The van der Waals surface area contributed by atoms with Gasteiger partial charge in [-0.15, -0.1) is 0 Å². The van der Waals surface area contributed by atoms with Gasteiger partial charge in [-0.05, 0) is 74.2 Å². The summed E-state index contributed by atoms with van der Waals surface area (Å²) in [7, 11) is 0.